The van der Waals surface area contributed by atoms with Crippen LogP contribution < -0.4 is 10.6 Å². The lowest BCUT2D eigenvalue weighted by Gasteiger charge is -2.43. The summed E-state index contributed by atoms with van der Waals surface area (Å²) >= 11 is 5.16. The Hall–Kier alpha value is -3.62. The number of thiocarbonyl (C=S) groups is 1. The molecule has 13 heteroatoms. The normalized spacial score (nSPS) is 28.8. The predicted molar refractivity (Wildman–Crippen MR) is 146 cm³/mol. The van der Waals surface area contributed by atoms with Gasteiger partial charge in [-0.3, -0.25) is 14.4 Å². The second kappa shape index (κ2) is 10.3. The van der Waals surface area contributed by atoms with Gasteiger partial charge in [-0.2, -0.15) is 0 Å². The minimum Gasteiger partial charge on any atom is -0.507 e. The summed E-state index contributed by atoms with van der Waals surface area (Å²) in [5.74, 6) is -4.17. The van der Waals surface area contributed by atoms with E-state index in [-0.39, 0.29) is 40.2 Å². The molecule has 7 N–H and O–H groups in total. The summed E-state index contributed by atoms with van der Waals surface area (Å²) in [6.07, 6.45) is -4.79. The van der Waals surface area contributed by atoms with Crippen molar-refractivity contribution in [3.63, 3.8) is 0 Å². The predicted octanol–water partition coefficient (Wildman–Crippen LogP) is 0.861. The second-order valence-corrected chi connectivity index (χ2v) is 11.0. The lowest BCUT2D eigenvalue weighted by atomic mass is 9.72. The van der Waals surface area contributed by atoms with E-state index in [0.717, 1.165) is 0 Å². The van der Waals surface area contributed by atoms with Crippen LogP contribution in [0.25, 0.3) is 0 Å². The fourth-order valence-electron chi connectivity index (χ4n) is 5.85. The van der Waals surface area contributed by atoms with E-state index >= 15 is 0 Å². The number of phenolic OH excluding ortho intramolecular Hbond substituents is 3. The molecule has 0 saturated carbocycles. The number of aliphatic hydroxyl groups is 2. The molecule has 1 fully saturated rings. The number of aromatic hydroxyl groups is 3. The maximum Gasteiger partial charge on any atom is 0.202 e. The number of benzene rings is 2. The third-order valence-corrected chi connectivity index (χ3v) is 8.42. The maximum atomic E-state index is 13.5. The van der Waals surface area contributed by atoms with E-state index in [4.69, 9.17) is 21.7 Å². The molecule has 2 aromatic rings. The maximum absolute atomic E-state index is 13.5. The van der Waals surface area contributed by atoms with Gasteiger partial charge in [0.2, 0.25) is 5.78 Å². The Balaban J connectivity index is 1.62. The first-order valence-corrected chi connectivity index (χ1v) is 13.4. The standard InChI is InChI=1S/C28H30N2O10S/c1-10-22(33)14(30-27(41)29-3)7-17(39-10)40-16-9-28(38,11(2)31)8-13-19(16)26(37)21-20(24(13)35)23(34)12-5-4-6-15(32)18(12)25(21)36/h4-6,10,14,16-17,22,32-33,35,37-38H,7-9H2,1-3H3,(H2,29,30,41). The Bertz CT molecular complexity index is 1490. The highest BCUT2D eigenvalue weighted by Gasteiger charge is 2.49. The van der Waals surface area contributed by atoms with Crippen LogP contribution in [0.4, 0.5) is 0 Å². The fraction of sp³-hybridized carbons (Fsp3) is 0.429. The van der Waals surface area contributed by atoms with E-state index in [1.807, 2.05) is 0 Å². The number of rotatable bonds is 4. The van der Waals surface area contributed by atoms with Gasteiger partial charge in [0.05, 0.1) is 34.9 Å². The average molecular weight is 587 g/mol. The number of hydrogen-bond donors (Lipinski definition) is 7. The lowest BCUT2D eigenvalue weighted by Crippen LogP contribution is -2.57. The molecule has 6 atom stereocenters. The number of fused-ring (bicyclic) bond motifs is 3. The van der Waals surface area contributed by atoms with Gasteiger partial charge in [-0.05, 0) is 32.1 Å². The van der Waals surface area contributed by atoms with Gasteiger partial charge >= 0.3 is 0 Å². The van der Waals surface area contributed by atoms with Gasteiger partial charge in [-0.25, -0.2) is 0 Å². The molecule has 0 spiro atoms. The molecule has 0 aromatic heterocycles. The molecule has 2 aliphatic carbocycles. The van der Waals surface area contributed by atoms with Gasteiger partial charge in [0.25, 0.3) is 0 Å². The van der Waals surface area contributed by atoms with Gasteiger partial charge in [-0.15, -0.1) is 0 Å². The third kappa shape index (κ3) is 4.63. The van der Waals surface area contributed by atoms with E-state index in [0.29, 0.717) is 0 Å². The summed E-state index contributed by atoms with van der Waals surface area (Å²) in [6, 6.07) is 3.30. The van der Waals surface area contributed by atoms with Crippen molar-refractivity contribution in [1.82, 2.24) is 10.6 Å². The number of nitrogens with one attached hydrogen (secondary N) is 2. The Morgan fingerprint density at radius 1 is 1.12 bits per heavy atom. The zero-order valence-electron chi connectivity index (χ0n) is 22.4. The zero-order valence-corrected chi connectivity index (χ0v) is 23.2. The summed E-state index contributed by atoms with van der Waals surface area (Å²) in [5, 5.41) is 61.1. The zero-order chi connectivity index (χ0) is 30.0. The van der Waals surface area contributed by atoms with E-state index < -0.39 is 88.4 Å². The van der Waals surface area contributed by atoms with Crippen molar-refractivity contribution >= 4 is 34.7 Å². The molecule has 218 valence electrons. The molecular formula is C28H30N2O10S. The third-order valence-electron chi connectivity index (χ3n) is 8.09. The highest BCUT2D eigenvalue weighted by Crippen LogP contribution is 2.52. The highest BCUT2D eigenvalue weighted by molar-refractivity contribution is 7.80. The largest absolute Gasteiger partial charge is 0.507 e. The van der Waals surface area contributed by atoms with Gasteiger partial charge in [0, 0.05) is 43.0 Å². The van der Waals surface area contributed by atoms with Crippen molar-refractivity contribution < 1.29 is 49.4 Å². The minimum atomic E-state index is -2.04. The molecule has 0 amide bonds. The van der Waals surface area contributed by atoms with Gasteiger partial charge in [-0.1, -0.05) is 12.1 Å². The van der Waals surface area contributed by atoms with Crippen molar-refractivity contribution in [3.8, 4) is 17.2 Å². The smallest absolute Gasteiger partial charge is 0.202 e. The Labute approximate surface area is 239 Å². The van der Waals surface area contributed by atoms with Crippen LogP contribution in [0, 0.1) is 0 Å². The van der Waals surface area contributed by atoms with Gasteiger partial charge < -0.3 is 45.6 Å². The molecule has 1 heterocycles. The van der Waals surface area contributed by atoms with E-state index in [2.05, 4.69) is 10.6 Å². The molecule has 6 unspecified atom stereocenters. The van der Waals surface area contributed by atoms with Crippen molar-refractivity contribution in [3.05, 3.63) is 51.6 Å². The minimum absolute atomic E-state index is 0.0635. The van der Waals surface area contributed by atoms with Crippen LogP contribution in [0.3, 0.4) is 0 Å². The van der Waals surface area contributed by atoms with Crippen molar-refractivity contribution in [2.75, 3.05) is 7.05 Å². The van der Waals surface area contributed by atoms with E-state index in [9.17, 15) is 39.9 Å². The first-order valence-electron chi connectivity index (χ1n) is 13.0. The first-order chi connectivity index (χ1) is 19.3. The van der Waals surface area contributed by atoms with Crippen LogP contribution in [0.1, 0.15) is 75.8 Å². The first kappa shape index (κ1) is 28.9. The lowest BCUT2D eigenvalue weighted by molar-refractivity contribution is -0.248. The number of Topliss-reactive ketones (excluding diaryl/α,β-unsaturated/α-hetero) is 1. The van der Waals surface area contributed by atoms with E-state index in [1.54, 1.807) is 14.0 Å². The second-order valence-electron chi connectivity index (χ2n) is 10.6. The van der Waals surface area contributed by atoms with Gasteiger partial charge in [0.1, 0.15) is 29.0 Å². The van der Waals surface area contributed by atoms with Crippen LogP contribution >= 0.6 is 12.2 Å². The fourth-order valence-corrected chi connectivity index (χ4v) is 6.00. The Kier molecular flexibility index (Phi) is 7.28. The molecular weight excluding hydrogens is 556 g/mol. The van der Waals surface area contributed by atoms with Crippen molar-refractivity contribution in [2.45, 2.75) is 69.4 Å². The molecule has 0 bridgehead atoms. The summed E-state index contributed by atoms with van der Waals surface area (Å²) in [5.41, 5.74) is -3.76. The molecule has 2 aromatic carbocycles. The van der Waals surface area contributed by atoms with Crippen LogP contribution in [0.5, 0.6) is 17.2 Å². The average Bonchev–Trinajstić information content (AvgIpc) is 2.91. The molecule has 3 aliphatic rings. The number of aliphatic hydroxyl groups excluding tert-OH is 1. The molecule has 1 saturated heterocycles. The van der Waals surface area contributed by atoms with Crippen LogP contribution in [-0.2, 0) is 20.7 Å². The highest BCUT2D eigenvalue weighted by atomic mass is 32.1. The number of carbonyl (C=O) groups is 3. The SMILES string of the molecule is CNC(=S)NC1CC(OC2CC(O)(C(C)=O)Cc3c(O)c4c(c(O)c32)C(=O)c2c(O)cccc2C4=O)OC(C)C1O. The quantitative estimate of drug-likeness (QED) is 0.168. The Morgan fingerprint density at radius 3 is 2.46 bits per heavy atom. The molecule has 5 rings (SSSR count). The number of carbonyl (C=O) groups excluding carboxylic acids is 3. The summed E-state index contributed by atoms with van der Waals surface area (Å²) in [6.45, 7) is 2.78. The van der Waals surface area contributed by atoms with Crippen LogP contribution in [-0.4, -0.2) is 85.2 Å². The monoisotopic (exact) mass is 586 g/mol. The topological polar surface area (TPSA) is 195 Å². The molecule has 0 radical (unpaired) electrons. The van der Waals surface area contributed by atoms with Crippen molar-refractivity contribution in [2.24, 2.45) is 0 Å². The number of ketones is 3. The van der Waals surface area contributed by atoms with E-state index in [1.165, 1.54) is 25.1 Å². The summed E-state index contributed by atoms with van der Waals surface area (Å²) in [7, 11) is 1.61. The molecule has 41 heavy (non-hydrogen) atoms. The number of hydrogen-bond acceptors (Lipinski definition) is 11. The van der Waals surface area contributed by atoms with Gasteiger partial charge in [0.15, 0.2) is 23.0 Å². The van der Waals surface area contributed by atoms with Crippen LogP contribution in [0.2, 0.25) is 0 Å². The van der Waals surface area contributed by atoms with Crippen LogP contribution in [0.15, 0.2) is 18.2 Å². The summed E-state index contributed by atoms with van der Waals surface area (Å²) < 4.78 is 12.0. The Morgan fingerprint density at radius 2 is 1.80 bits per heavy atom. The number of phenols is 3. The summed E-state index contributed by atoms with van der Waals surface area (Å²) in [4.78, 5) is 39.5. The van der Waals surface area contributed by atoms with Crippen molar-refractivity contribution in [1.29, 1.82) is 0 Å². The molecule has 12 nitrogen and oxygen atoms in total. The molecule has 1 aliphatic heterocycles. The number of ether oxygens (including phenoxy) is 2.